The van der Waals surface area contributed by atoms with Crippen molar-refractivity contribution in [2.24, 2.45) is 16.3 Å². The molecule has 0 bridgehead atoms. The summed E-state index contributed by atoms with van der Waals surface area (Å²) in [7, 11) is 0. The summed E-state index contributed by atoms with van der Waals surface area (Å²) in [5.41, 5.74) is 0.394. The van der Waals surface area contributed by atoms with Gasteiger partial charge in [0.05, 0.1) is 6.10 Å². The molecule has 1 aromatic rings. The van der Waals surface area contributed by atoms with Gasteiger partial charge in [-0.2, -0.15) is 0 Å². The van der Waals surface area contributed by atoms with Crippen LogP contribution >= 0.6 is 35.3 Å². The molecule has 4 nitrogen and oxygen atoms in total. The van der Waals surface area contributed by atoms with Crippen LogP contribution in [0.15, 0.2) is 17.1 Å². The molecule has 1 spiro atoms. The molecule has 1 aliphatic heterocycles. The van der Waals surface area contributed by atoms with Crippen molar-refractivity contribution in [3.8, 4) is 0 Å². The highest BCUT2D eigenvalue weighted by Crippen LogP contribution is 2.62. The van der Waals surface area contributed by atoms with Crippen molar-refractivity contribution in [1.82, 2.24) is 10.6 Å². The van der Waals surface area contributed by atoms with E-state index >= 15 is 0 Å². The van der Waals surface area contributed by atoms with Crippen LogP contribution < -0.4 is 10.6 Å². The summed E-state index contributed by atoms with van der Waals surface area (Å²) in [6.45, 7) is 8.29. The topological polar surface area (TPSA) is 45.7 Å². The average molecular weight is 489 g/mol. The molecule has 3 fully saturated rings. The average Bonchev–Trinajstić information content (AvgIpc) is 3.11. The maximum absolute atomic E-state index is 6.04. The zero-order valence-corrected chi connectivity index (χ0v) is 19.2. The summed E-state index contributed by atoms with van der Waals surface area (Å²) in [5, 5.41) is 7.45. The number of guanidine groups is 1. The molecule has 4 unspecified atom stereocenters. The molecule has 1 saturated heterocycles. The third-order valence-corrected chi connectivity index (χ3v) is 7.35. The Morgan fingerprint density at radius 3 is 2.85 bits per heavy atom. The zero-order valence-electron chi connectivity index (χ0n) is 16.1. The lowest BCUT2D eigenvalue weighted by atomic mass is 9.46. The summed E-state index contributed by atoms with van der Waals surface area (Å²) in [5.74, 6) is 1.67. The van der Waals surface area contributed by atoms with Gasteiger partial charge in [-0.3, -0.25) is 4.99 Å². The molecule has 3 aliphatic rings. The standard InChI is InChI=1S/C20H31N3OS.HI/c1-4-21-19(22-13(2)12-15-7-6-14(3)25-15)23-17-16-8-11-24-18(16)20(17)9-5-10-20;/h6-7,13,16-18H,4-5,8-12H2,1-3H3,(H2,21,22,23);1H. The molecule has 6 heteroatoms. The molecular formula is C20H32IN3OS. The minimum atomic E-state index is 0. The molecule has 0 radical (unpaired) electrons. The molecule has 26 heavy (non-hydrogen) atoms. The van der Waals surface area contributed by atoms with Crippen molar-refractivity contribution >= 4 is 41.3 Å². The fourth-order valence-electron chi connectivity index (χ4n) is 5.08. The van der Waals surface area contributed by atoms with Crippen LogP contribution in [0.2, 0.25) is 0 Å². The maximum atomic E-state index is 6.04. The van der Waals surface area contributed by atoms with E-state index in [1.54, 1.807) is 0 Å². The molecule has 146 valence electrons. The number of nitrogens with zero attached hydrogens (tertiary/aromatic N) is 1. The molecule has 2 N–H and O–H groups in total. The quantitative estimate of drug-likeness (QED) is 0.372. The van der Waals surface area contributed by atoms with E-state index < -0.39 is 0 Å². The molecule has 2 aliphatic carbocycles. The van der Waals surface area contributed by atoms with E-state index in [0.29, 0.717) is 29.5 Å². The molecule has 1 aromatic heterocycles. The Hall–Kier alpha value is -0.340. The fraction of sp³-hybridized carbons (Fsp3) is 0.750. The normalized spacial score (nSPS) is 30.0. The maximum Gasteiger partial charge on any atom is 0.191 e. The number of hydrogen-bond donors (Lipinski definition) is 2. The van der Waals surface area contributed by atoms with E-state index in [-0.39, 0.29) is 24.0 Å². The Labute approximate surface area is 178 Å². The van der Waals surface area contributed by atoms with E-state index in [9.17, 15) is 0 Å². The summed E-state index contributed by atoms with van der Waals surface area (Å²) in [6, 6.07) is 5.38. The highest BCUT2D eigenvalue weighted by atomic mass is 127. The van der Waals surface area contributed by atoms with Gasteiger partial charge < -0.3 is 15.4 Å². The Balaban J connectivity index is 0.00000196. The van der Waals surface area contributed by atoms with Crippen molar-refractivity contribution < 1.29 is 4.74 Å². The van der Waals surface area contributed by atoms with Gasteiger partial charge in [0, 0.05) is 52.7 Å². The largest absolute Gasteiger partial charge is 0.377 e. The molecule has 0 aromatic carbocycles. The Morgan fingerprint density at radius 1 is 1.42 bits per heavy atom. The number of rotatable bonds is 5. The van der Waals surface area contributed by atoms with Gasteiger partial charge in [0.25, 0.3) is 0 Å². The van der Waals surface area contributed by atoms with Crippen LogP contribution in [0, 0.1) is 18.3 Å². The van der Waals surface area contributed by atoms with Crippen LogP contribution in [0.1, 0.15) is 49.3 Å². The first kappa shape index (κ1) is 20.4. The van der Waals surface area contributed by atoms with Gasteiger partial charge in [-0.1, -0.05) is 6.42 Å². The van der Waals surface area contributed by atoms with E-state index in [1.165, 1.54) is 35.4 Å². The van der Waals surface area contributed by atoms with Crippen molar-refractivity contribution in [2.75, 3.05) is 13.2 Å². The molecule has 0 amide bonds. The number of fused-ring (bicyclic) bond motifs is 2. The predicted octanol–water partition coefficient (Wildman–Crippen LogP) is 4.12. The fourth-order valence-corrected chi connectivity index (χ4v) is 6.09. The number of hydrogen-bond acceptors (Lipinski definition) is 3. The number of ether oxygens (including phenoxy) is 1. The third kappa shape index (κ3) is 3.65. The van der Waals surface area contributed by atoms with Crippen LogP contribution in [0.3, 0.4) is 0 Å². The number of thiophene rings is 1. The Kier molecular flexibility index (Phi) is 6.55. The van der Waals surface area contributed by atoms with Crippen LogP contribution in [0.4, 0.5) is 0 Å². The first-order valence-corrected chi connectivity index (χ1v) is 10.7. The molecule has 4 rings (SSSR count). The monoisotopic (exact) mass is 489 g/mol. The highest BCUT2D eigenvalue weighted by Gasteiger charge is 2.66. The van der Waals surface area contributed by atoms with Crippen molar-refractivity contribution in [2.45, 2.75) is 71.1 Å². The van der Waals surface area contributed by atoms with Crippen LogP contribution in [0.5, 0.6) is 0 Å². The van der Waals surface area contributed by atoms with Gasteiger partial charge >= 0.3 is 0 Å². The van der Waals surface area contributed by atoms with Gasteiger partial charge in [0.1, 0.15) is 0 Å². The smallest absolute Gasteiger partial charge is 0.191 e. The Bertz CT molecular complexity index is 643. The molecule has 2 heterocycles. The van der Waals surface area contributed by atoms with E-state index in [0.717, 1.165) is 25.5 Å². The summed E-state index contributed by atoms with van der Waals surface area (Å²) < 4.78 is 6.04. The van der Waals surface area contributed by atoms with Crippen molar-refractivity contribution in [3.05, 3.63) is 21.9 Å². The van der Waals surface area contributed by atoms with E-state index in [4.69, 9.17) is 9.73 Å². The number of aryl methyl sites for hydroxylation is 1. The number of halogens is 1. The van der Waals surface area contributed by atoms with E-state index in [2.05, 4.69) is 43.5 Å². The lowest BCUT2D eigenvalue weighted by Gasteiger charge is -2.63. The van der Waals surface area contributed by atoms with Crippen molar-refractivity contribution in [1.29, 1.82) is 0 Å². The first-order chi connectivity index (χ1) is 12.1. The first-order valence-electron chi connectivity index (χ1n) is 9.87. The lowest BCUT2D eigenvalue weighted by molar-refractivity contribution is -0.171. The minimum absolute atomic E-state index is 0. The minimum Gasteiger partial charge on any atom is -0.377 e. The Morgan fingerprint density at radius 2 is 2.23 bits per heavy atom. The lowest BCUT2D eigenvalue weighted by Crippen LogP contribution is -2.72. The molecular weight excluding hydrogens is 457 g/mol. The van der Waals surface area contributed by atoms with E-state index in [1.807, 2.05) is 11.3 Å². The molecule has 2 saturated carbocycles. The molecule has 4 atom stereocenters. The predicted molar refractivity (Wildman–Crippen MR) is 120 cm³/mol. The van der Waals surface area contributed by atoms with Gasteiger partial charge in [0.2, 0.25) is 0 Å². The zero-order chi connectivity index (χ0) is 17.4. The van der Waals surface area contributed by atoms with Crippen LogP contribution in [-0.4, -0.2) is 37.3 Å². The second-order valence-electron chi connectivity index (χ2n) is 8.04. The van der Waals surface area contributed by atoms with Gasteiger partial charge in [-0.25, -0.2) is 0 Å². The van der Waals surface area contributed by atoms with Gasteiger partial charge in [-0.05, 0) is 52.2 Å². The van der Waals surface area contributed by atoms with Crippen LogP contribution in [-0.2, 0) is 11.2 Å². The second kappa shape index (κ2) is 8.35. The van der Waals surface area contributed by atoms with Crippen molar-refractivity contribution in [3.63, 3.8) is 0 Å². The van der Waals surface area contributed by atoms with Gasteiger partial charge in [0.15, 0.2) is 5.96 Å². The SMILES string of the molecule is CCN=C(NC(C)Cc1ccc(C)s1)NC1C2CCOC2C12CCC2.I. The second-order valence-corrected chi connectivity index (χ2v) is 9.41. The highest BCUT2D eigenvalue weighted by molar-refractivity contribution is 14.0. The van der Waals surface area contributed by atoms with Gasteiger partial charge in [-0.15, -0.1) is 35.3 Å². The third-order valence-electron chi connectivity index (χ3n) is 6.33. The number of nitrogens with one attached hydrogen (secondary N) is 2. The van der Waals surface area contributed by atoms with Crippen LogP contribution in [0.25, 0.3) is 0 Å². The number of aliphatic imine (C=N–C) groups is 1. The summed E-state index contributed by atoms with van der Waals surface area (Å²) in [6.07, 6.45) is 6.74. The summed E-state index contributed by atoms with van der Waals surface area (Å²) >= 11 is 1.89. The summed E-state index contributed by atoms with van der Waals surface area (Å²) in [4.78, 5) is 7.55.